The van der Waals surface area contributed by atoms with Crippen LogP contribution in [0.2, 0.25) is 0 Å². The highest BCUT2D eigenvalue weighted by Crippen LogP contribution is 2.40. The van der Waals surface area contributed by atoms with Crippen molar-refractivity contribution in [1.82, 2.24) is 10.6 Å². The lowest BCUT2D eigenvalue weighted by atomic mass is 9.77. The number of piperidine rings is 1. The summed E-state index contributed by atoms with van der Waals surface area (Å²) in [5, 5.41) is 7.87. The van der Waals surface area contributed by atoms with Crippen molar-refractivity contribution >= 4 is 11.8 Å². The van der Waals surface area contributed by atoms with Gasteiger partial charge in [-0.1, -0.05) is 32.1 Å². The Kier molecular flexibility index (Phi) is 5.92. The van der Waals surface area contributed by atoms with E-state index in [9.17, 15) is 0 Å². The molecular formula is C18H34N2S. The Morgan fingerprint density at radius 1 is 1.00 bits per heavy atom. The first kappa shape index (κ1) is 16.1. The number of thioether (sulfide) groups is 1. The fraction of sp³-hybridized carbons (Fsp3) is 1.00. The van der Waals surface area contributed by atoms with Gasteiger partial charge in [-0.3, -0.25) is 0 Å². The van der Waals surface area contributed by atoms with Gasteiger partial charge in [0.1, 0.15) is 0 Å². The molecule has 3 fully saturated rings. The Balaban J connectivity index is 1.56. The molecule has 0 spiro atoms. The molecule has 3 atom stereocenters. The minimum absolute atomic E-state index is 0.558. The molecule has 3 aliphatic rings. The smallest absolute Gasteiger partial charge is 0.0281 e. The molecule has 0 aromatic carbocycles. The lowest BCUT2D eigenvalue weighted by Gasteiger charge is -2.41. The van der Waals surface area contributed by atoms with Crippen molar-refractivity contribution in [3.05, 3.63) is 0 Å². The molecule has 0 aromatic heterocycles. The largest absolute Gasteiger partial charge is 0.314 e. The van der Waals surface area contributed by atoms with Crippen molar-refractivity contribution in [3.63, 3.8) is 0 Å². The summed E-state index contributed by atoms with van der Waals surface area (Å²) >= 11 is 2.13. The van der Waals surface area contributed by atoms with Crippen molar-refractivity contribution in [1.29, 1.82) is 0 Å². The molecule has 1 aliphatic heterocycles. The molecule has 1 heterocycles. The van der Waals surface area contributed by atoms with Crippen LogP contribution in [-0.2, 0) is 0 Å². The number of hydrogen-bond donors (Lipinski definition) is 2. The molecular weight excluding hydrogens is 276 g/mol. The van der Waals surface area contributed by atoms with Crippen LogP contribution >= 0.6 is 11.8 Å². The normalized spacial score (nSPS) is 36.7. The van der Waals surface area contributed by atoms with E-state index in [1.54, 1.807) is 0 Å². The van der Waals surface area contributed by atoms with Crippen molar-refractivity contribution in [2.45, 2.75) is 87.5 Å². The molecule has 21 heavy (non-hydrogen) atoms. The first-order valence-corrected chi connectivity index (χ1v) is 10.6. The van der Waals surface area contributed by atoms with Gasteiger partial charge in [-0.05, 0) is 57.2 Å². The van der Waals surface area contributed by atoms with Crippen LogP contribution in [0.4, 0.5) is 0 Å². The van der Waals surface area contributed by atoms with E-state index >= 15 is 0 Å². The summed E-state index contributed by atoms with van der Waals surface area (Å²) in [5.41, 5.74) is 0. The van der Waals surface area contributed by atoms with Crippen LogP contribution in [0.5, 0.6) is 0 Å². The average Bonchev–Trinajstić information content (AvgIpc) is 3.04. The van der Waals surface area contributed by atoms with Crippen molar-refractivity contribution in [2.24, 2.45) is 5.92 Å². The highest BCUT2D eigenvalue weighted by atomic mass is 32.2. The quantitative estimate of drug-likeness (QED) is 0.804. The maximum absolute atomic E-state index is 4.04. The van der Waals surface area contributed by atoms with E-state index in [2.05, 4.69) is 28.7 Å². The van der Waals surface area contributed by atoms with Crippen LogP contribution in [-0.4, -0.2) is 36.2 Å². The minimum atomic E-state index is 0.558. The third kappa shape index (κ3) is 3.97. The Morgan fingerprint density at radius 3 is 2.48 bits per heavy atom. The second-order valence-electron chi connectivity index (χ2n) is 7.59. The Bertz CT molecular complexity index is 308. The standard InChI is InChI=1S/C18H34N2S/c1-21-18(11-5-6-12-18)14-20-17-9-3-2-8-15(17)16-10-4-7-13-19-16/h15-17,19-20H,2-14H2,1H3. The number of nitrogens with one attached hydrogen (secondary N) is 2. The number of hydrogen-bond acceptors (Lipinski definition) is 3. The topological polar surface area (TPSA) is 24.1 Å². The second-order valence-corrected chi connectivity index (χ2v) is 8.86. The maximum Gasteiger partial charge on any atom is 0.0281 e. The van der Waals surface area contributed by atoms with Gasteiger partial charge in [0.2, 0.25) is 0 Å². The summed E-state index contributed by atoms with van der Waals surface area (Å²) in [7, 11) is 0. The van der Waals surface area contributed by atoms with Crippen LogP contribution in [0.25, 0.3) is 0 Å². The summed E-state index contributed by atoms with van der Waals surface area (Å²) in [4.78, 5) is 0. The molecule has 3 heteroatoms. The van der Waals surface area contributed by atoms with E-state index in [1.165, 1.54) is 83.7 Å². The predicted octanol–water partition coefficient (Wildman–Crippen LogP) is 3.95. The molecule has 0 amide bonds. The van der Waals surface area contributed by atoms with Gasteiger partial charge in [-0.25, -0.2) is 0 Å². The summed E-state index contributed by atoms with van der Waals surface area (Å²) in [6.45, 7) is 2.50. The zero-order valence-corrected chi connectivity index (χ0v) is 14.6. The van der Waals surface area contributed by atoms with Crippen LogP contribution in [0.15, 0.2) is 0 Å². The first-order chi connectivity index (χ1) is 10.3. The summed E-state index contributed by atoms with van der Waals surface area (Å²) in [6.07, 6.45) is 18.1. The van der Waals surface area contributed by atoms with Crippen LogP contribution in [0.1, 0.15) is 70.6 Å². The molecule has 1 saturated heterocycles. The van der Waals surface area contributed by atoms with E-state index in [4.69, 9.17) is 0 Å². The Labute approximate surface area is 135 Å². The van der Waals surface area contributed by atoms with Gasteiger partial charge >= 0.3 is 0 Å². The SMILES string of the molecule is CSC1(CNC2CCCCC2C2CCCCN2)CCCC1. The molecule has 0 bridgehead atoms. The summed E-state index contributed by atoms with van der Waals surface area (Å²) in [6, 6.07) is 1.57. The molecule has 2 N–H and O–H groups in total. The predicted molar refractivity (Wildman–Crippen MR) is 94.1 cm³/mol. The van der Waals surface area contributed by atoms with Gasteiger partial charge in [0, 0.05) is 23.4 Å². The van der Waals surface area contributed by atoms with Crippen LogP contribution < -0.4 is 10.6 Å². The zero-order chi connectivity index (χ0) is 14.5. The molecule has 2 aliphatic carbocycles. The molecule has 0 radical (unpaired) electrons. The van der Waals surface area contributed by atoms with Crippen molar-refractivity contribution in [3.8, 4) is 0 Å². The van der Waals surface area contributed by atoms with E-state index in [0.29, 0.717) is 4.75 Å². The van der Waals surface area contributed by atoms with Gasteiger partial charge in [0.05, 0.1) is 0 Å². The molecule has 2 nitrogen and oxygen atoms in total. The van der Waals surface area contributed by atoms with Crippen molar-refractivity contribution < 1.29 is 0 Å². The van der Waals surface area contributed by atoms with E-state index in [-0.39, 0.29) is 0 Å². The molecule has 3 rings (SSSR count). The Morgan fingerprint density at radius 2 is 1.76 bits per heavy atom. The van der Waals surface area contributed by atoms with Gasteiger partial charge in [-0.2, -0.15) is 11.8 Å². The second kappa shape index (κ2) is 7.70. The minimum Gasteiger partial charge on any atom is -0.314 e. The van der Waals surface area contributed by atoms with E-state index in [1.807, 2.05) is 0 Å². The molecule has 2 saturated carbocycles. The number of rotatable bonds is 5. The highest BCUT2D eigenvalue weighted by Gasteiger charge is 2.36. The maximum atomic E-state index is 4.04. The monoisotopic (exact) mass is 310 g/mol. The lowest BCUT2D eigenvalue weighted by Crippen LogP contribution is -2.52. The first-order valence-electron chi connectivity index (χ1n) is 9.35. The van der Waals surface area contributed by atoms with Gasteiger partial charge in [0.15, 0.2) is 0 Å². The molecule has 3 unspecified atom stereocenters. The fourth-order valence-corrected chi connectivity index (χ4v) is 5.85. The highest BCUT2D eigenvalue weighted by molar-refractivity contribution is 8.00. The van der Waals surface area contributed by atoms with Crippen molar-refractivity contribution in [2.75, 3.05) is 19.3 Å². The molecule has 122 valence electrons. The van der Waals surface area contributed by atoms with Gasteiger partial charge in [0.25, 0.3) is 0 Å². The van der Waals surface area contributed by atoms with E-state index < -0.39 is 0 Å². The zero-order valence-electron chi connectivity index (χ0n) is 13.8. The van der Waals surface area contributed by atoms with Crippen LogP contribution in [0, 0.1) is 5.92 Å². The third-order valence-corrected chi connectivity index (χ3v) is 7.74. The fourth-order valence-electron chi connectivity index (χ4n) is 4.93. The lowest BCUT2D eigenvalue weighted by molar-refractivity contribution is 0.179. The summed E-state index contributed by atoms with van der Waals surface area (Å²) in [5.74, 6) is 0.888. The van der Waals surface area contributed by atoms with Gasteiger partial charge in [-0.15, -0.1) is 0 Å². The molecule has 0 aromatic rings. The summed E-state index contributed by atoms with van der Waals surface area (Å²) < 4.78 is 0.558. The average molecular weight is 311 g/mol. The van der Waals surface area contributed by atoms with Gasteiger partial charge < -0.3 is 10.6 Å². The van der Waals surface area contributed by atoms with Crippen LogP contribution in [0.3, 0.4) is 0 Å². The Hall–Kier alpha value is 0.270. The van der Waals surface area contributed by atoms with E-state index in [0.717, 1.165) is 18.0 Å². The third-order valence-electron chi connectivity index (χ3n) is 6.32.